The fraction of sp³-hybridized carbons (Fsp3) is 0.269. The molecule has 3 aromatic carbocycles. The lowest BCUT2D eigenvalue weighted by atomic mass is 9.94. The third kappa shape index (κ3) is 4.53. The van der Waals surface area contributed by atoms with Crippen LogP contribution >= 0.6 is 0 Å². The number of para-hydroxylation sites is 2. The van der Waals surface area contributed by atoms with Crippen LogP contribution in [0, 0.1) is 0 Å². The molecule has 3 amide bonds. The Labute approximate surface area is 192 Å². The Morgan fingerprint density at radius 3 is 2.18 bits per heavy atom. The van der Waals surface area contributed by atoms with Crippen molar-refractivity contribution in [1.82, 2.24) is 9.80 Å². The van der Waals surface area contributed by atoms with Gasteiger partial charge in [-0.2, -0.15) is 0 Å². The summed E-state index contributed by atoms with van der Waals surface area (Å²) in [4.78, 5) is 41.2. The van der Waals surface area contributed by atoms with Gasteiger partial charge in [0.1, 0.15) is 6.61 Å². The summed E-state index contributed by atoms with van der Waals surface area (Å²) in [6.45, 7) is 0.931. The van der Waals surface area contributed by atoms with Gasteiger partial charge in [0.2, 0.25) is 5.91 Å². The zero-order valence-corrected chi connectivity index (χ0v) is 18.7. The molecule has 0 aromatic heterocycles. The quantitative estimate of drug-likeness (QED) is 0.468. The van der Waals surface area contributed by atoms with Crippen LogP contribution in [-0.4, -0.2) is 61.4 Å². The minimum absolute atomic E-state index is 0.0713. The average Bonchev–Trinajstić information content (AvgIpc) is 2.84. The molecule has 0 N–H and O–H groups in total. The SMILES string of the molecule is COc1ccccc1OCCN(C)C(=O)CCCN1C(=O)c2cccc3cccc(c23)C1=O. The molecular formula is C26H26N2O5. The van der Waals surface area contributed by atoms with Gasteiger partial charge in [0.25, 0.3) is 11.8 Å². The second kappa shape index (κ2) is 9.73. The number of hydrogen-bond acceptors (Lipinski definition) is 5. The number of nitrogens with zero attached hydrogens (tertiary/aromatic N) is 2. The van der Waals surface area contributed by atoms with Gasteiger partial charge in [-0.1, -0.05) is 36.4 Å². The van der Waals surface area contributed by atoms with E-state index in [-0.39, 0.29) is 30.7 Å². The van der Waals surface area contributed by atoms with Crippen LogP contribution in [0.1, 0.15) is 33.6 Å². The van der Waals surface area contributed by atoms with Gasteiger partial charge >= 0.3 is 0 Å². The Balaban J connectivity index is 1.29. The molecule has 0 aliphatic carbocycles. The van der Waals surface area contributed by atoms with E-state index in [4.69, 9.17) is 9.47 Å². The van der Waals surface area contributed by atoms with Crippen molar-refractivity contribution in [2.24, 2.45) is 0 Å². The Bertz CT molecular complexity index is 1160. The molecule has 0 bridgehead atoms. The molecule has 0 saturated carbocycles. The van der Waals surface area contributed by atoms with Crippen molar-refractivity contribution in [2.75, 3.05) is 33.9 Å². The van der Waals surface area contributed by atoms with E-state index in [1.807, 2.05) is 48.5 Å². The minimum atomic E-state index is -0.310. The second-order valence-corrected chi connectivity index (χ2v) is 7.89. The van der Waals surface area contributed by atoms with E-state index < -0.39 is 0 Å². The van der Waals surface area contributed by atoms with E-state index >= 15 is 0 Å². The summed E-state index contributed by atoms with van der Waals surface area (Å²) in [6, 6.07) is 18.3. The van der Waals surface area contributed by atoms with Crippen molar-refractivity contribution in [2.45, 2.75) is 12.8 Å². The number of hydrogen-bond donors (Lipinski definition) is 0. The van der Waals surface area contributed by atoms with Crippen LogP contribution in [0.3, 0.4) is 0 Å². The Morgan fingerprint density at radius 1 is 0.909 bits per heavy atom. The Hall–Kier alpha value is -3.87. The monoisotopic (exact) mass is 446 g/mol. The maximum atomic E-state index is 12.9. The molecule has 0 radical (unpaired) electrons. The second-order valence-electron chi connectivity index (χ2n) is 7.89. The normalized spacial score (nSPS) is 12.7. The lowest BCUT2D eigenvalue weighted by molar-refractivity contribution is -0.130. The Morgan fingerprint density at radius 2 is 1.55 bits per heavy atom. The zero-order chi connectivity index (χ0) is 23.4. The number of rotatable bonds is 9. The average molecular weight is 447 g/mol. The first-order valence-corrected chi connectivity index (χ1v) is 10.9. The highest BCUT2D eigenvalue weighted by atomic mass is 16.5. The summed E-state index contributed by atoms with van der Waals surface area (Å²) in [7, 11) is 3.29. The maximum absolute atomic E-state index is 12.9. The number of carbonyl (C=O) groups is 3. The lowest BCUT2D eigenvalue weighted by Crippen LogP contribution is -2.41. The smallest absolute Gasteiger partial charge is 0.261 e. The number of amides is 3. The fourth-order valence-corrected chi connectivity index (χ4v) is 4.02. The molecule has 170 valence electrons. The highest BCUT2D eigenvalue weighted by Gasteiger charge is 2.32. The van der Waals surface area contributed by atoms with Crippen LogP contribution in [0.5, 0.6) is 11.5 Å². The molecule has 0 atom stereocenters. The molecule has 33 heavy (non-hydrogen) atoms. The number of benzene rings is 3. The van der Waals surface area contributed by atoms with Crippen molar-refractivity contribution in [3.05, 3.63) is 71.8 Å². The van der Waals surface area contributed by atoms with Crippen LogP contribution in [-0.2, 0) is 4.79 Å². The molecule has 0 saturated heterocycles. The van der Waals surface area contributed by atoms with Crippen LogP contribution in [0.4, 0.5) is 0 Å². The number of imide groups is 1. The first-order chi connectivity index (χ1) is 16.0. The van der Waals surface area contributed by atoms with E-state index in [2.05, 4.69) is 0 Å². The van der Waals surface area contributed by atoms with Gasteiger partial charge in [-0.15, -0.1) is 0 Å². The van der Waals surface area contributed by atoms with Gasteiger partial charge < -0.3 is 14.4 Å². The number of carbonyl (C=O) groups excluding carboxylic acids is 3. The molecule has 0 unspecified atom stereocenters. The number of methoxy groups -OCH3 is 1. The van der Waals surface area contributed by atoms with Crippen molar-refractivity contribution >= 4 is 28.5 Å². The number of ether oxygens (including phenoxy) is 2. The van der Waals surface area contributed by atoms with Gasteiger partial charge in [0, 0.05) is 36.5 Å². The van der Waals surface area contributed by atoms with E-state index in [1.165, 1.54) is 4.90 Å². The van der Waals surface area contributed by atoms with Gasteiger partial charge in [-0.3, -0.25) is 19.3 Å². The highest BCUT2D eigenvalue weighted by molar-refractivity contribution is 6.25. The first-order valence-electron chi connectivity index (χ1n) is 10.9. The van der Waals surface area contributed by atoms with Crippen LogP contribution in [0.25, 0.3) is 10.8 Å². The molecule has 1 heterocycles. The summed E-state index contributed by atoms with van der Waals surface area (Å²) in [6.07, 6.45) is 0.625. The standard InChI is InChI=1S/C26H26N2O5/c1-27(16-17-33-22-13-4-3-12-21(22)32-2)23(29)14-7-15-28-25(30)19-10-5-8-18-9-6-11-20(24(18)19)26(28)31/h3-6,8-13H,7,14-17H2,1-2H3. The van der Waals surface area contributed by atoms with E-state index in [1.54, 1.807) is 31.2 Å². The van der Waals surface area contributed by atoms with Gasteiger partial charge in [0.05, 0.1) is 13.7 Å². The molecule has 0 spiro atoms. The van der Waals surface area contributed by atoms with E-state index in [0.29, 0.717) is 47.6 Å². The number of likely N-dealkylation sites (N-methyl/N-ethyl adjacent to an activating group) is 1. The van der Waals surface area contributed by atoms with E-state index in [9.17, 15) is 14.4 Å². The molecule has 1 aliphatic rings. The first kappa shape index (κ1) is 22.3. The van der Waals surface area contributed by atoms with Gasteiger partial charge in [-0.25, -0.2) is 0 Å². The van der Waals surface area contributed by atoms with Crippen molar-refractivity contribution < 1.29 is 23.9 Å². The van der Waals surface area contributed by atoms with Crippen LogP contribution in [0.15, 0.2) is 60.7 Å². The predicted octanol–water partition coefficient (Wildman–Crippen LogP) is 3.76. The van der Waals surface area contributed by atoms with Gasteiger partial charge in [0.15, 0.2) is 11.5 Å². The molecular weight excluding hydrogens is 420 g/mol. The maximum Gasteiger partial charge on any atom is 0.261 e. The van der Waals surface area contributed by atoms with Crippen molar-refractivity contribution in [1.29, 1.82) is 0 Å². The summed E-state index contributed by atoms with van der Waals surface area (Å²) in [5, 5.41) is 1.58. The van der Waals surface area contributed by atoms with Gasteiger partial charge in [-0.05, 0) is 36.1 Å². The molecule has 0 fully saturated rings. The van der Waals surface area contributed by atoms with E-state index in [0.717, 1.165) is 5.39 Å². The zero-order valence-electron chi connectivity index (χ0n) is 18.7. The molecule has 7 nitrogen and oxygen atoms in total. The van der Waals surface area contributed by atoms with Crippen LogP contribution in [0.2, 0.25) is 0 Å². The molecule has 4 rings (SSSR count). The molecule has 3 aromatic rings. The summed E-state index contributed by atoms with van der Waals surface area (Å²) in [5.41, 5.74) is 1.05. The summed E-state index contributed by atoms with van der Waals surface area (Å²) in [5.74, 6) is 0.571. The molecule has 7 heteroatoms. The Kier molecular flexibility index (Phi) is 6.58. The third-order valence-electron chi connectivity index (χ3n) is 5.81. The topological polar surface area (TPSA) is 76.2 Å². The largest absolute Gasteiger partial charge is 0.493 e. The molecule has 1 aliphatic heterocycles. The fourth-order valence-electron chi connectivity index (χ4n) is 4.02. The van der Waals surface area contributed by atoms with Crippen LogP contribution < -0.4 is 9.47 Å². The summed E-state index contributed by atoms with van der Waals surface area (Å²) < 4.78 is 11.0. The van der Waals surface area contributed by atoms with Crippen molar-refractivity contribution in [3.63, 3.8) is 0 Å². The predicted molar refractivity (Wildman–Crippen MR) is 125 cm³/mol. The third-order valence-corrected chi connectivity index (χ3v) is 5.81. The van der Waals surface area contributed by atoms with Crippen molar-refractivity contribution in [3.8, 4) is 11.5 Å². The summed E-state index contributed by atoms with van der Waals surface area (Å²) >= 11 is 0. The highest BCUT2D eigenvalue weighted by Crippen LogP contribution is 2.30. The minimum Gasteiger partial charge on any atom is -0.493 e. The lowest BCUT2D eigenvalue weighted by Gasteiger charge is -2.27.